The quantitative estimate of drug-likeness (QED) is 0.365. The molecule has 0 saturated carbocycles. The number of carbonyl (C=O) groups excluding carboxylic acids is 1. The molecule has 4 nitrogen and oxygen atoms in total. The van der Waals surface area contributed by atoms with E-state index in [4.69, 9.17) is 16.0 Å². The number of furan rings is 1. The van der Waals surface area contributed by atoms with E-state index in [1.807, 2.05) is 36.4 Å². The van der Waals surface area contributed by atoms with Crippen molar-refractivity contribution in [3.8, 4) is 11.3 Å². The number of aliphatic imine (C=N–C) groups is 1. The molecule has 0 radical (unpaired) electrons. The number of amidine groups is 1. The van der Waals surface area contributed by atoms with E-state index < -0.39 is 0 Å². The van der Waals surface area contributed by atoms with Crippen LogP contribution >= 0.6 is 23.4 Å². The van der Waals surface area contributed by atoms with Gasteiger partial charge in [0.15, 0.2) is 5.17 Å². The molecule has 1 aliphatic heterocycles. The number of hydrogen-bond acceptors (Lipinski definition) is 4. The summed E-state index contributed by atoms with van der Waals surface area (Å²) in [5.41, 5.74) is 0.839. The monoisotopic (exact) mass is 416 g/mol. The summed E-state index contributed by atoms with van der Waals surface area (Å²) in [6, 6.07) is 11.3. The second-order valence-corrected chi connectivity index (χ2v) is 8.04. The van der Waals surface area contributed by atoms with Crippen LogP contribution in [0.1, 0.15) is 45.3 Å². The van der Waals surface area contributed by atoms with Crippen molar-refractivity contribution in [1.29, 1.82) is 0 Å². The summed E-state index contributed by atoms with van der Waals surface area (Å²) < 4.78 is 5.93. The van der Waals surface area contributed by atoms with E-state index in [2.05, 4.69) is 18.8 Å². The molecule has 148 valence electrons. The molecule has 2 heterocycles. The number of carbonyl (C=O) groups is 1. The molecule has 0 spiro atoms. The molecule has 0 N–H and O–H groups in total. The molecule has 3 rings (SSSR count). The van der Waals surface area contributed by atoms with Gasteiger partial charge < -0.3 is 4.42 Å². The highest BCUT2D eigenvalue weighted by atomic mass is 35.5. The molecule has 0 bridgehead atoms. The molecule has 1 aromatic carbocycles. The Morgan fingerprint density at radius 1 is 1.14 bits per heavy atom. The summed E-state index contributed by atoms with van der Waals surface area (Å²) in [6.45, 7) is 5.71. The third-order valence-electron chi connectivity index (χ3n) is 4.42. The minimum atomic E-state index is 0.00407. The average molecular weight is 417 g/mol. The number of nitrogens with zero attached hydrogens (tertiary/aromatic N) is 2. The van der Waals surface area contributed by atoms with Gasteiger partial charge in [0.2, 0.25) is 0 Å². The van der Waals surface area contributed by atoms with E-state index in [-0.39, 0.29) is 5.91 Å². The molecule has 0 atom stereocenters. The van der Waals surface area contributed by atoms with Gasteiger partial charge in [-0.1, -0.05) is 50.4 Å². The zero-order chi connectivity index (χ0) is 19.9. The van der Waals surface area contributed by atoms with Crippen molar-refractivity contribution in [3.05, 3.63) is 52.1 Å². The SMILES string of the molecule is CCCCN=C1S/C(=C/c2ccc(-c3ccccc3Cl)o2)C(=O)N1CCCC. The maximum Gasteiger partial charge on any atom is 0.266 e. The van der Waals surface area contributed by atoms with Gasteiger partial charge in [-0.2, -0.15) is 0 Å². The fourth-order valence-electron chi connectivity index (χ4n) is 2.84. The summed E-state index contributed by atoms with van der Waals surface area (Å²) in [5.74, 6) is 1.33. The minimum Gasteiger partial charge on any atom is -0.457 e. The first-order chi connectivity index (χ1) is 13.6. The second-order valence-electron chi connectivity index (χ2n) is 6.62. The van der Waals surface area contributed by atoms with Crippen LogP contribution in [0.25, 0.3) is 17.4 Å². The zero-order valence-electron chi connectivity index (χ0n) is 16.3. The van der Waals surface area contributed by atoms with Crippen molar-refractivity contribution in [2.75, 3.05) is 13.1 Å². The molecule has 1 aromatic heterocycles. The Morgan fingerprint density at radius 3 is 2.68 bits per heavy atom. The molecule has 6 heteroatoms. The van der Waals surface area contributed by atoms with Crippen LogP contribution < -0.4 is 0 Å². The van der Waals surface area contributed by atoms with Crippen LogP contribution in [0.2, 0.25) is 5.02 Å². The molecular formula is C22H25ClN2O2S. The number of amides is 1. The average Bonchev–Trinajstić information content (AvgIpc) is 3.26. The van der Waals surface area contributed by atoms with Crippen molar-refractivity contribution >= 4 is 40.5 Å². The predicted molar refractivity (Wildman–Crippen MR) is 119 cm³/mol. The topological polar surface area (TPSA) is 45.8 Å². The third-order valence-corrected chi connectivity index (χ3v) is 5.80. The Morgan fingerprint density at radius 2 is 1.93 bits per heavy atom. The Kier molecular flexibility index (Phi) is 7.40. The number of hydrogen-bond donors (Lipinski definition) is 0. The molecule has 1 saturated heterocycles. The van der Waals surface area contributed by atoms with Gasteiger partial charge in [-0.05, 0) is 48.9 Å². The van der Waals surface area contributed by atoms with Crippen molar-refractivity contribution in [2.24, 2.45) is 4.99 Å². The lowest BCUT2D eigenvalue weighted by molar-refractivity contribution is -0.122. The van der Waals surface area contributed by atoms with Gasteiger partial charge in [0.05, 0.1) is 9.93 Å². The lowest BCUT2D eigenvalue weighted by Crippen LogP contribution is -2.30. The van der Waals surface area contributed by atoms with Crippen LogP contribution in [0.5, 0.6) is 0 Å². The van der Waals surface area contributed by atoms with Crippen LogP contribution in [-0.4, -0.2) is 29.1 Å². The smallest absolute Gasteiger partial charge is 0.266 e. The van der Waals surface area contributed by atoms with Crippen molar-refractivity contribution in [1.82, 2.24) is 4.90 Å². The van der Waals surface area contributed by atoms with Crippen molar-refractivity contribution in [2.45, 2.75) is 39.5 Å². The summed E-state index contributed by atoms with van der Waals surface area (Å²) in [4.78, 5) is 20.0. The van der Waals surface area contributed by atoms with Crippen LogP contribution in [-0.2, 0) is 4.79 Å². The zero-order valence-corrected chi connectivity index (χ0v) is 17.9. The third kappa shape index (κ3) is 4.89. The molecular weight excluding hydrogens is 392 g/mol. The highest BCUT2D eigenvalue weighted by Gasteiger charge is 2.32. The first-order valence-electron chi connectivity index (χ1n) is 9.74. The summed E-state index contributed by atoms with van der Waals surface area (Å²) >= 11 is 7.68. The van der Waals surface area contributed by atoms with E-state index in [1.165, 1.54) is 11.8 Å². The highest BCUT2D eigenvalue weighted by molar-refractivity contribution is 8.18. The maximum atomic E-state index is 12.9. The lowest BCUT2D eigenvalue weighted by Gasteiger charge is -2.14. The van der Waals surface area contributed by atoms with E-state index in [0.29, 0.717) is 28.0 Å². The largest absolute Gasteiger partial charge is 0.457 e. The molecule has 0 unspecified atom stereocenters. The van der Waals surface area contributed by atoms with Gasteiger partial charge in [-0.25, -0.2) is 0 Å². The minimum absolute atomic E-state index is 0.00407. The van der Waals surface area contributed by atoms with E-state index >= 15 is 0 Å². The standard InChI is InChI=1S/C22H25ClN2O2S/c1-3-5-13-24-22-25(14-6-4-2)21(26)20(28-22)15-16-11-12-19(27-16)17-9-7-8-10-18(17)23/h7-12,15H,3-6,13-14H2,1-2H3/b20-15+,24-22?. The molecule has 0 aliphatic carbocycles. The van der Waals surface area contributed by atoms with Gasteiger partial charge in [-0.3, -0.25) is 14.7 Å². The van der Waals surface area contributed by atoms with Crippen molar-refractivity contribution in [3.63, 3.8) is 0 Å². The molecule has 1 aliphatic rings. The number of halogens is 1. The summed E-state index contributed by atoms with van der Waals surface area (Å²) in [7, 11) is 0. The highest BCUT2D eigenvalue weighted by Crippen LogP contribution is 2.35. The Labute approximate surface area is 175 Å². The second kappa shape index (κ2) is 9.99. The predicted octanol–water partition coefficient (Wildman–Crippen LogP) is 6.47. The van der Waals surface area contributed by atoms with E-state index in [0.717, 1.165) is 43.0 Å². The van der Waals surface area contributed by atoms with Crippen LogP contribution in [0.15, 0.2) is 50.7 Å². The van der Waals surface area contributed by atoms with Gasteiger partial charge in [0.1, 0.15) is 11.5 Å². The fraction of sp³-hybridized carbons (Fsp3) is 0.364. The van der Waals surface area contributed by atoms with Gasteiger partial charge in [-0.15, -0.1) is 0 Å². The van der Waals surface area contributed by atoms with Crippen LogP contribution in [0.4, 0.5) is 0 Å². The summed E-state index contributed by atoms with van der Waals surface area (Å²) in [6.07, 6.45) is 5.91. The molecule has 1 amide bonds. The number of unbranched alkanes of at least 4 members (excludes halogenated alkanes) is 2. The Bertz CT molecular complexity index is 888. The van der Waals surface area contributed by atoms with Gasteiger partial charge >= 0.3 is 0 Å². The van der Waals surface area contributed by atoms with Crippen LogP contribution in [0.3, 0.4) is 0 Å². The first-order valence-corrected chi connectivity index (χ1v) is 10.9. The number of rotatable bonds is 8. The lowest BCUT2D eigenvalue weighted by atomic mass is 10.2. The Hall–Kier alpha value is -1.98. The van der Waals surface area contributed by atoms with Crippen LogP contribution in [0, 0.1) is 0 Å². The van der Waals surface area contributed by atoms with Gasteiger partial charge in [0.25, 0.3) is 5.91 Å². The normalized spacial score (nSPS) is 17.2. The Balaban J connectivity index is 1.82. The first kappa shape index (κ1) is 20.7. The molecule has 2 aromatic rings. The molecule has 1 fully saturated rings. The van der Waals surface area contributed by atoms with Gasteiger partial charge in [0, 0.05) is 24.7 Å². The molecule has 28 heavy (non-hydrogen) atoms. The summed E-state index contributed by atoms with van der Waals surface area (Å²) in [5, 5.41) is 1.44. The number of benzene rings is 1. The van der Waals surface area contributed by atoms with Crippen molar-refractivity contribution < 1.29 is 9.21 Å². The van der Waals surface area contributed by atoms with E-state index in [1.54, 1.807) is 11.0 Å². The maximum absolute atomic E-state index is 12.9. The fourth-order valence-corrected chi connectivity index (χ4v) is 4.08. The number of thioether (sulfide) groups is 1. The van der Waals surface area contributed by atoms with E-state index in [9.17, 15) is 4.79 Å².